The Morgan fingerprint density at radius 1 is 1.67 bits per heavy atom. The molecule has 0 aliphatic rings. The van der Waals surface area contributed by atoms with E-state index in [4.69, 9.17) is 0 Å². The van der Waals surface area contributed by atoms with Crippen molar-refractivity contribution < 1.29 is 4.89 Å². The first kappa shape index (κ1) is 6.39. The second kappa shape index (κ2) is 5.39. The first-order chi connectivity index (χ1) is 2.91. The van der Waals surface area contributed by atoms with Crippen LogP contribution in [0.1, 0.15) is 19.8 Å². The van der Waals surface area contributed by atoms with E-state index in [1.807, 2.05) is 0 Å². The molecule has 1 unspecified atom stereocenters. The molecular formula is C4H11OP. The summed E-state index contributed by atoms with van der Waals surface area (Å²) >= 11 is 0. The normalized spacial score (nSPS) is 11.0. The Labute approximate surface area is 40.6 Å². The maximum absolute atomic E-state index is 9.77. The summed E-state index contributed by atoms with van der Waals surface area (Å²) in [6, 6.07) is 0. The van der Waals surface area contributed by atoms with Crippen LogP contribution in [0.4, 0.5) is 0 Å². The second-order valence-electron chi connectivity index (χ2n) is 1.31. The topological polar surface area (TPSA) is 23.1 Å². The van der Waals surface area contributed by atoms with E-state index in [1.165, 1.54) is 6.42 Å². The average Bonchev–Trinajstić information content (AvgIpc) is 1.61. The summed E-state index contributed by atoms with van der Waals surface area (Å²) in [5, 5.41) is 0. The first-order valence-electron chi connectivity index (χ1n) is 2.35. The lowest BCUT2D eigenvalue weighted by molar-refractivity contribution is -0.150. The fourth-order valence-corrected chi connectivity index (χ4v) is 0.862. The molecule has 0 aliphatic carbocycles. The van der Waals surface area contributed by atoms with E-state index in [-0.39, 0.29) is 0 Å². The predicted molar refractivity (Wildman–Crippen MR) is 29.5 cm³/mol. The third-order valence-electron chi connectivity index (χ3n) is 0.676. The first-order valence-corrected chi connectivity index (χ1v) is 3.64. The van der Waals surface area contributed by atoms with Gasteiger partial charge in [0.15, 0.2) is 0 Å². The molecule has 0 aromatic heterocycles. The lowest BCUT2D eigenvalue weighted by Crippen LogP contribution is -1.84. The van der Waals surface area contributed by atoms with Gasteiger partial charge in [0.05, 0.1) is 0 Å². The second-order valence-corrected chi connectivity index (χ2v) is 2.22. The van der Waals surface area contributed by atoms with Gasteiger partial charge < -0.3 is 4.89 Å². The van der Waals surface area contributed by atoms with Crippen LogP contribution in [0.3, 0.4) is 0 Å². The monoisotopic (exact) mass is 106 g/mol. The summed E-state index contributed by atoms with van der Waals surface area (Å²) in [6.45, 7) is 2.11. The molecule has 0 spiro atoms. The van der Waals surface area contributed by atoms with Gasteiger partial charge in [-0.25, -0.2) is 0 Å². The summed E-state index contributed by atoms with van der Waals surface area (Å²) in [4.78, 5) is 9.77. The van der Waals surface area contributed by atoms with E-state index in [0.29, 0.717) is 0 Å². The quantitative estimate of drug-likeness (QED) is 0.379. The molecule has 0 aromatic carbocycles. The Kier molecular flexibility index (Phi) is 5.74. The summed E-state index contributed by atoms with van der Waals surface area (Å²) in [7, 11) is -0.466. The highest BCUT2D eigenvalue weighted by molar-refractivity contribution is 7.29. The molecule has 0 rings (SSSR count). The summed E-state index contributed by atoms with van der Waals surface area (Å²) < 4.78 is 0. The van der Waals surface area contributed by atoms with Crippen molar-refractivity contribution in [2.75, 3.05) is 6.16 Å². The Morgan fingerprint density at radius 3 is 2.50 bits per heavy atom. The van der Waals surface area contributed by atoms with E-state index in [0.717, 1.165) is 12.6 Å². The maximum atomic E-state index is 9.77. The lowest BCUT2D eigenvalue weighted by atomic mass is 10.4. The zero-order chi connectivity index (χ0) is 4.83. The molecule has 0 N–H and O–H groups in total. The average molecular weight is 106 g/mol. The molecule has 0 aliphatic heterocycles. The SMILES string of the molecule is CCCC[PH2+][O-]. The Morgan fingerprint density at radius 2 is 2.33 bits per heavy atom. The van der Waals surface area contributed by atoms with Crippen molar-refractivity contribution >= 4 is 8.81 Å². The lowest BCUT2D eigenvalue weighted by Gasteiger charge is -1.89. The van der Waals surface area contributed by atoms with Gasteiger partial charge in [-0.05, 0) is 6.42 Å². The van der Waals surface area contributed by atoms with Crippen LogP contribution in [-0.4, -0.2) is 6.16 Å². The standard InChI is InChI=1S/C4H11OP/c1-2-3-4-6-5/h2-4,6H2,1H3. The molecule has 0 fully saturated rings. The third kappa shape index (κ3) is 4.39. The zero-order valence-corrected chi connectivity index (χ0v) is 5.26. The summed E-state index contributed by atoms with van der Waals surface area (Å²) in [5.41, 5.74) is 0. The van der Waals surface area contributed by atoms with Crippen LogP contribution >= 0.6 is 8.81 Å². The minimum absolute atomic E-state index is 0.466. The van der Waals surface area contributed by atoms with Crippen molar-refractivity contribution in [2.45, 2.75) is 19.8 Å². The fraction of sp³-hybridized carbons (Fsp3) is 1.00. The van der Waals surface area contributed by atoms with E-state index in [1.54, 1.807) is 0 Å². The fourth-order valence-electron chi connectivity index (χ4n) is 0.287. The zero-order valence-electron chi connectivity index (χ0n) is 4.11. The largest absolute Gasteiger partial charge is 0.683 e. The number of unbranched alkanes of at least 4 members (excludes halogenated alkanes) is 1. The van der Waals surface area contributed by atoms with E-state index >= 15 is 0 Å². The highest BCUT2D eigenvalue weighted by Gasteiger charge is 1.76. The van der Waals surface area contributed by atoms with Crippen molar-refractivity contribution in [3.05, 3.63) is 0 Å². The van der Waals surface area contributed by atoms with Gasteiger partial charge in [0.1, 0.15) is 0 Å². The molecular weight excluding hydrogens is 95.0 g/mol. The van der Waals surface area contributed by atoms with Crippen molar-refractivity contribution in [2.24, 2.45) is 0 Å². The molecule has 0 amide bonds. The highest BCUT2D eigenvalue weighted by Crippen LogP contribution is 1.98. The molecule has 2 heteroatoms. The minimum atomic E-state index is -0.466. The molecule has 0 aromatic rings. The molecule has 38 valence electrons. The van der Waals surface area contributed by atoms with E-state index in [2.05, 4.69) is 6.92 Å². The molecule has 0 saturated carbocycles. The smallest absolute Gasteiger partial charge is 0.0493 e. The van der Waals surface area contributed by atoms with E-state index in [9.17, 15) is 4.89 Å². The van der Waals surface area contributed by atoms with Crippen LogP contribution in [0, 0.1) is 0 Å². The molecule has 1 nitrogen and oxygen atoms in total. The van der Waals surface area contributed by atoms with E-state index < -0.39 is 8.81 Å². The molecule has 0 radical (unpaired) electrons. The number of hydrogen-bond acceptors (Lipinski definition) is 1. The van der Waals surface area contributed by atoms with Crippen LogP contribution in [0.2, 0.25) is 0 Å². The molecule has 1 atom stereocenters. The van der Waals surface area contributed by atoms with Crippen molar-refractivity contribution in [3.8, 4) is 0 Å². The van der Waals surface area contributed by atoms with Crippen molar-refractivity contribution in [3.63, 3.8) is 0 Å². The van der Waals surface area contributed by atoms with Crippen LogP contribution in [-0.2, 0) is 0 Å². The summed E-state index contributed by atoms with van der Waals surface area (Å²) in [5.74, 6) is 0. The Hall–Kier alpha value is 0.390. The van der Waals surface area contributed by atoms with Gasteiger partial charge in [0.2, 0.25) is 0 Å². The Balaban J connectivity index is 2.34. The van der Waals surface area contributed by atoms with Gasteiger partial charge in [0.25, 0.3) is 0 Å². The van der Waals surface area contributed by atoms with Crippen LogP contribution < -0.4 is 4.89 Å². The highest BCUT2D eigenvalue weighted by atomic mass is 31.1. The van der Waals surface area contributed by atoms with Crippen molar-refractivity contribution in [1.29, 1.82) is 0 Å². The van der Waals surface area contributed by atoms with Crippen LogP contribution in [0.15, 0.2) is 0 Å². The number of rotatable bonds is 3. The number of hydrogen-bond donors (Lipinski definition) is 0. The Bertz CT molecular complexity index is 19.5. The summed E-state index contributed by atoms with van der Waals surface area (Å²) in [6.07, 6.45) is 3.25. The van der Waals surface area contributed by atoms with Gasteiger partial charge in [-0.15, -0.1) is 0 Å². The van der Waals surface area contributed by atoms with Gasteiger partial charge in [0, 0.05) is 6.16 Å². The molecule has 0 heterocycles. The molecule has 0 saturated heterocycles. The minimum Gasteiger partial charge on any atom is -0.683 e. The third-order valence-corrected chi connectivity index (χ3v) is 1.32. The van der Waals surface area contributed by atoms with Crippen LogP contribution in [0.5, 0.6) is 0 Å². The maximum Gasteiger partial charge on any atom is 0.0493 e. The van der Waals surface area contributed by atoms with Gasteiger partial charge >= 0.3 is 0 Å². The van der Waals surface area contributed by atoms with Crippen LogP contribution in [0.25, 0.3) is 0 Å². The molecule has 0 bridgehead atoms. The van der Waals surface area contributed by atoms with Gasteiger partial charge in [-0.3, -0.25) is 0 Å². The van der Waals surface area contributed by atoms with Gasteiger partial charge in [-0.2, -0.15) is 0 Å². The van der Waals surface area contributed by atoms with Gasteiger partial charge in [-0.1, -0.05) is 22.2 Å². The predicted octanol–water partition coefficient (Wildman–Crippen LogP) is 0.473. The molecule has 6 heavy (non-hydrogen) atoms. The van der Waals surface area contributed by atoms with Crippen molar-refractivity contribution in [1.82, 2.24) is 0 Å².